The fraction of sp³-hybridized carbons (Fsp3) is 0.333. The monoisotopic (exact) mass is 277 g/mol. The standard InChI is InChI=1S/C12H15N5O3/c1-3-10-9(6-16(2)15-10)12(20)14-8-4-13-17(5-8)7-11(18)19/h4-6H,3,7H2,1-2H3,(H,14,20)(H,18,19). The fourth-order valence-corrected chi connectivity index (χ4v) is 1.84. The lowest BCUT2D eigenvalue weighted by molar-refractivity contribution is -0.137. The minimum Gasteiger partial charge on any atom is -0.480 e. The van der Waals surface area contributed by atoms with Crippen LogP contribution >= 0.6 is 0 Å². The molecule has 0 aliphatic heterocycles. The number of nitrogens with zero attached hydrogens (tertiary/aromatic N) is 4. The van der Waals surface area contributed by atoms with E-state index in [0.29, 0.717) is 23.4 Å². The molecule has 2 rings (SSSR count). The summed E-state index contributed by atoms with van der Waals surface area (Å²) in [6, 6.07) is 0. The molecule has 0 aliphatic rings. The summed E-state index contributed by atoms with van der Waals surface area (Å²) in [7, 11) is 1.75. The molecule has 0 bridgehead atoms. The number of carboxylic acid groups (broad SMARTS) is 1. The third-order valence-corrected chi connectivity index (χ3v) is 2.67. The molecule has 0 saturated heterocycles. The van der Waals surface area contributed by atoms with Gasteiger partial charge in [0, 0.05) is 19.4 Å². The summed E-state index contributed by atoms with van der Waals surface area (Å²) in [5.41, 5.74) is 1.66. The SMILES string of the molecule is CCc1nn(C)cc1C(=O)Nc1cnn(CC(=O)O)c1. The number of aromatic nitrogens is 4. The van der Waals surface area contributed by atoms with Gasteiger partial charge in [0.1, 0.15) is 6.54 Å². The van der Waals surface area contributed by atoms with Crippen molar-refractivity contribution in [3.63, 3.8) is 0 Å². The summed E-state index contributed by atoms with van der Waals surface area (Å²) in [6.07, 6.45) is 5.18. The molecule has 0 aromatic carbocycles. The van der Waals surface area contributed by atoms with Crippen molar-refractivity contribution < 1.29 is 14.7 Å². The highest BCUT2D eigenvalue weighted by molar-refractivity contribution is 6.04. The van der Waals surface area contributed by atoms with Crippen molar-refractivity contribution in [1.29, 1.82) is 0 Å². The van der Waals surface area contributed by atoms with E-state index in [1.54, 1.807) is 17.9 Å². The molecule has 0 fully saturated rings. The predicted molar refractivity (Wildman–Crippen MR) is 70.4 cm³/mol. The van der Waals surface area contributed by atoms with E-state index >= 15 is 0 Å². The lowest BCUT2D eigenvalue weighted by Gasteiger charge is -2.01. The van der Waals surface area contributed by atoms with E-state index in [-0.39, 0.29) is 12.5 Å². The quantitative estimate of drug-likeness (QED) is 0.829. The number of nitrogens with one attached hydrogen (secondary N) is 1. The van der Waals surface area contributed by atoms with Crippen LogP contribution < -0.4 is 5.32 Å². The Morgan fingerprint density at radius 2 is 2.15 bits per heavy atom. The van der Waals surface area contributed by atoms with Gasteiger partial charge in [-0.3, -0.25) is 19.0 Å². The van der Waals surface area contributed by atoms with Crippen LogP contribution in [0.4, 0.5) is 5.69 Å². The Labute approximate surface area is 115 Å². The van der Waals surface area contributed by atoms with E-state index in [2.05, 4.69) is 15.5 Å². The van der Waals surface area contributed by atoms with E-state index in [9.17, 15) is 9.59 Å². The van der Waals surface area contributed by atoms with Gasteiger partial charge in [-0.25, -0.2) is 0 Å². The van der Waals surface area contributed by atoms with E-state index in [1.165, 1.54) is 17.1 Å². The Kier molecular flexibility index (Phi) is 3.83. The van der Waals surface area contributed by atoms with Crippen molar-refractivity contribution in [3.8, 4) is 0 Å². The molecule has 106 valence electrons. The number of rotatable bonds is 5. The lowest BCUT2D eigenvalue weighted by Crippen LogP contribution is -2.13. The first-order valence-electron chi connectivity index (χ1n) is 6.07. The van der Waals surface area contributed by atoms with Gasteiger partial charge in [0.25, 0.3) is 5.91 Å². The summed E-state index contributed by atoms with van der Waals surface area (Å²) < 4.78 is 2.82. The largest absolute Gasteiger partial charge is 0.480 e. The van der Waals surface area contributed by atoms with Gasteiger partial charge in [-0.2, -0.15) is 10.2 Å². The molecule has 8 heteroatoms. The van der Waals surface area contributed by atoms with Crippen molar-refractivity contribution in [2.24, 2.45) is 7.05 Å². The number of anilines is 1. The smallest absolute Gasteiger partial charge is 0.325 e. The van der Waals surface area contributed by atoms with E-state index in [0.717, 1.165) is 0 Å². The molecule has 0 spiro atoms. The number of aliphatic carboxylic acids is 1. The Hall–Kier alpha value is -2.64. The molecule has 0 radical (unpaired) electrons. The van der Waals surface area contributed by atoms with Gasteiger partial charge >= 0.3 is 5.97 Å². The molecular weight excluding hydrogens is 262 g/mol. The minimum absolute atomic E-state index is 0.247. The average molecular weight is 277 g/mol. The zero-order chi connectivity index (χ0) is 14.7. The van der Waals surface area contributed by atoms with Gasteiger partial charge in [-0.1, -0.05) is 6.92 Å². The van der Waals surface area contributed by atoms with Crippen molar-refractivity contribution in [2.45, 2.75) is 19.9 Å². The lowest BCUT2D eigenvalue weighted by atomic mass is 10.2. The Morgan fingerprint density at radius 3 is 2.80 bits per heavy atom. The van der Waals surface area contributed by atoms with Crippen LogP contribution in [0.15, 0.2) is 18.6 Å². The number of carbonyl (C=O) groups excluding carboxylic acids is 1. The maximum Gasteiger partial charge on any atom is 0.325 e. The van der Waals surface area contributed by atoms with Crippen molar-refractivity contribution >= 4 is 17.6 Å². The molecule has 0 saturated carbocycles. The second kappa shape index (κ2) is 5.55. The molecule has 0 aliphatic carbocycles. The number of carbonyl (C=O) groups is 2. The van der Waals surface area contributed by atoms with Gasteiger partial charge in [0.2, 0.25) is 0 Å². The molecule has 0 atom stereocenters. The van der Waals surface area contributed by atoms with Crippen molar-refractivity contribution in [2.75, 3.05) is 5.32 Å². The van der Waals surface area contributed by atoms with Gasteiger partial charge in [0.05, 0.1) is 23.1 Å². The molecule has 2 heterocycles. The Bertz CT molecular complexity index is 643. The number of hydrogen-bond acceptors (Lipinski definition) is 4. The maximum absolute atomic E-state index is 12.1. The number of hydrogen-bond donors (Lipinski definition) is 2. The van der Waals surface area contributed by atoms with Crippen LogP contribution in [0.5, 0.6) is 0 Å². The topological polar surface area (TPSA) is 102 Å². The van der Waals surface area contributed by atoms with Crippen LogP contribution in [0.25, 0.3) is 0 Å². The van der Waals surface area contributed by atoms with Crippen LogP contribution in [0, 0.1) is 0 Å². The third-order valence-electron chi connectivity index (χ3n) is 2.67. The van der Waals surface area contributed by atoms with Gasteiger partial charge in [-0.05, 0) is 6.42 Å². The summed E-state index contributed by atoms with van der Waals surface area (Å²) in [4.78, 5) is 22.7. The van der Waals surface area contributed by atoms with Crippen LogP contribution in [-0.4, -0.2) is 36.5 Å². The molecule has 2 N–H and O–H groups in total. The van der Waals surface area contributed by atoms with Gasteiger partial charge < -0.3 is 10.4 Å². The van der Waals surface area contributed by atoms with Gasteiger partial charge in [0.15, 0.2) is 0 Å². The molecule has 2 aromatic rings. The van der Waals surface area contributed by atoms with Gasteiger partial charge in [-0.15, -0.1) is 0 Å². The van der Waals surface area contributed by atoms with Crippen LogP contribution in [-0.2, 0) is 24.8 Å². The number of aryl methyl sites for hydroxylation is 2. The highest BCUT2D eigenvalue weighted by Gasteiger charge is 2.15. The molecule has 1 amide bonds. The molecule has 8 nitrogen and oxygen atoms in total. The van der Waals surface area contributed by atoms with Crippen LogP contribution in [0.3, 0.4) is 0 Å². The highest BCUT2D eigenvalue weighted by atomic mass is 16.4. The van der Waals surface area contributed by atoms with E-state index in [1.807, 2.05) is 6.92 Å². The molecular formula is C12H15N5O3. The first kappa shape index (κ1) is 13.8. The van der Waals surface area contributed by atoms with E-state index < -0.39 is 5.97 Å². The van der Waals surface area contributed by atoms with Crippen molar-refractivity contribution in [3.05, 3.63) is 29.8 Å². The average Bonchev–Trinajstić information content (AvgIpc) is 2.95. The van der Waals surface area contributed by atoms with E-state index in [4.69, 9.17) is 5.11 Å². The zero-order valence-corrected chi connectivity index (χ0v) is 11.2. The summed E-state index contributed by atoms with van der Waals surface area (Å²) in [5, 5.41) is 19.4. The zero-order valence-electron chi connectivity index (χ0n) is 11.2. The molecule has 20 heavy (non-hydrogen) atoms. The first-order valence-corrected chi connectivity index (χ1v) is 6.07. The third kappa shape index (κ3) is 3.02. The number of amides is 1. The maximum atomic E-state index is 12.1. The fourth-order valence-electron chi connectivity index (χ4n) is 1.84. The second-order valence-electron chi connectivity index (χ2n) is 4.29. The predicted octanol–water partition coefficient (Wildman–Crippen LogP) is 0.516. The first-order chi connectivity index (χ1) is 9.49. The number of carboxylic acids is 1. The Morgan fingerprint density at radius 1 is 1.40 bits per heavy atom. The summed E-state index contributed by atoms with van der Waals surface area (Å²) >= 11 is 0. The summed E-state index contributed by atoms with van der Waals surface area (Å²) in [5.74, 6) is -1.28. The van der Waals surface area contributed by atoms with Crippen LogP contribution in [0.1, 0.15) is 23.0 Å². The highest BCUT2D eigenvalue weighted by Crippen LogP contribution is 2.11. The Balaban J connectivity index is 2.11. The molecule has 0 unspecified atom stereocenters. The second-order valence-corrected chi connectivity index (χ2v) is 4.29. The minimum atomic E-state index is -0.994. The normalized spacial score (nSPS) is 10.5. The van der Waals surface area contributed by atoms with Crippen LogP contribution in [0.2, 0.25) is 0 Å². The summed E-state index contributed by atoms with van der Waals surface area (Å²) in [6.45, 7) is 1.67. The molecule has 2 aromatic heterocycles. The van der Waals surface area contributed by atoms with Crippen molar-refractivity contribution in [1.82, 2.24) is 19.6 Å².